The molecule has 1 unspecified atom stereocenters. The van der Waals surface area contributed by atoms with Crippen LogP contribution >= 0.6 is 11.8 Å². The number of aryl methyl sites for hydroxylation is 2. The minimum absolute atomic E-state index is 0.0444. The summed E-state index contributed by atoms with van der Waals surface area (Å²) >= 11 is 1.43. The first-order valence-corrected chi connectivity index (χ1v) is 9.73. The molecule has 0 aromatic heterocycles. The third-order valence-electron chi connectivity index (χ3n) is 4.38. The Balaban J connectivity index is 1.66. The molecular formula is C21H22N2O3S. The molecule has 2 aromatic rings. The first-order chi connectivity index (χ1) is 13.0. The molecule has 1 fully saturated rings. The molecule has 1 amide bonds. The number of aliphatic imine (C=N–C) groups is 1. The molecule has 1 aliphatic rings. The van der Waals surface area contributed by atoms with Gasteiger partial charge < -0.3 is 10.1 Å². The quantitative estimate of drug-likeness (QED) is 0.796. The molecule has 6 heteroatoms. The van der Waals surface area contributed by atoms with Crippen LogP contribution in [0.2, 0.25) is 0 Å². The maximum Gasteiger partial charge on any atom is 0.338 e. The van der Waals surface area contributed by atoms with E-state index < -0.39 is 0 Å². The second-order valence-electron chi connectivity index (χ2n) is 6.40. The third kappa shape index (κ3) is 4.77. The Morgan fingerprint density at radius 3 is 2.56 bits per heavy atom. The second kappa shape index (κ2) is 8.39. The topological polar surface area (TPSA) is 67.8 Å². The van der Waals surface area contributed by atoms with Gasteiger partial charge in [-0.3, -0.25) is 4.79 Å². The van der Waals surface area contributed by atoms with Gasteiger partial charge in [0.25, 0.3) is 0 Å². The lowest BCUT2D eigenvalue weighted by Crippen LogP contribution is -2.26. The number of amides is 1. The maximum absolute atomic E-state index is 12.3. The van der Waals surface area contributed by atoms with Gasteiger partial charge in [-0.15, -0.1) is 0 Å². The normalized spacial score (nSPS) is 17.8. The first-order valence-electron chi connectivity index (χ1n) is 8.86. The van der Waals surface area contributed by atoms with E-state index in [1.54, 1.807) is 19.1 Å². The number of rotatable bonds is 5. The SMILES string of the molecule is CCOC(=O)c1ccc(CC2SC(=Nc3ccc(C)c(C)c3)NC2=O)cc1. The number of hydrogen-bond acceptors (Lipinski definition) is 5. The zero-order chi connectivity index (χ0) is 19.4. The summed E-state index contributed by atoms with van der Waals surface area (Å²) in [6.07, 6.45) is 0.575. The van der Waals surface area contributed by atoms with Gasteiger partial charge >= 0.3 is 5.97 Å². The van der Waals surface area contributed by atoms with Crippen molar-refractivity contribution < 1.29 is 14.3 Å². The summed E-state index contributed by atoms with van der Waals surface area (Å²) in [5, 5.41) is 3.24. The fraction of sp³-hybridized carbons (Fsp3) is 0.286. The van der Waals surface area contributed by atoms with Gasteiger partial charge in [0.15, 0.2) is 5.17 Å². The molecule has 1 N–H and O–H groups in total. The smallest absolute Gasteiger partial charge is 0.338 e. The van der Waals surface area contributed by atoms with E-state index in [4.69, 9.17) is 4.74 Å². The summed E-state index contributed by atoms with van der Waals surface area (Å²) in [5.74, 6) is -0.378. The van der Waals surface area contributed by atoms with Crippen molar-refractivity contribution in [1.82, 2.24) is 5.32 Å². The number of nitrogens with one attached hydrogen (secondary N) is 1. The summed E-state index contributed by atoms with van der Waals surface area (Å²) in [6.45, 7) is 6.23. The number of benzene rings is 2. The summed E-state index contributed by atoms with van der Waals surface area (Å²) in [7, 11) is 0. The summed E-state index contributed by atoms with van der Waals surface area (Å²) in [4.78, 5) is 28.5. The molecule has 1 aliphatic heterocycles. The molecule has 1 atom stereocenters. The molecular weight excluding hydrogens is 360 g/mol. The number of carbonyl (C=O) groups excluding carboxylic acids is 2. The van der Waals surface area contributed by atoms with Crippen LogP contribution in [-0.4, -0.2) is 28.9 Å². The molecule has 2 aromatic carbocycles. The number of hydrogen-bond donors (Lipinski definition) is 1. The number of nitrogens with zero attached hydrogens (tertiary/aromatic N) is 1. The van der Waals surface area contributed by atoms with Crippen LogP contribution in [0.4, 0.5) is 5.69 Å². The molecule has 5 nitrogen and oxygen atoms in total. The fourth-order valence-corrected chi connectivity index (χ4v) is 3.74. The molecule has 0 spiro atoms. The molecule has 27 heavy (non-hydrogen) atoms. The highest BCUT2D eigenvalue weighted by Gasteiger charge is 2.30. The van der Waals surface area contributed by atoms with E-state index in [9.17, 15) is 9.59 Å². The van der Waals surface area contributed by atoms with Crippen molar-refractivity contribution in [3.8, 4) is 0 Å². The van der Waals surface area contributed by atoms with E-state index in [0.717, 1.165) is 11.3 Å². The fourth-order valence-electron chi connectivity index (χ4n) is 2.71. The summed E-state index contributed by atoms with van der Waals surface area (Å²) in [6, 6.07) is 13.2. The van der Waals surface area contributed by atoms with Crippen LogP contribution in [-0.2, 0) is 16.0 Å². The second-order valence-corrected chi connectivity index (χ2v) is 7.59. The van der Waals surface area contributed by atoms with Gasteiger partial charge in [-0.25, -0.2) is 9.79 Å². The van der Waals surface area contributed by atoms with Gasteiger partial charge in [0.1, 0.15) is 0 Å². The number of amidine groups is 1. The van der Waals surface area contributed by atoms with Crippen LogP contribution in [0, 0.1) is 13.8 Å². The van der Waals surface area contributed by atoms with Gasteiger partial charge in [0, 0.05) is 0 Å². The van der Waals surface area contributed by atoms with E-state index in [0.29, 0.717) is 23.8 Å². The zero-order valence-electron chi connectivity index (χ0n) is 15.6. The van der Waals surface area contributed by atoms with Crippen molar-refractivity contribution in [2.75, 3.05) is 6.61 Å². The molecule has 3 rings (SSSR count). The minimum atomic E-state index is -0.333. The van der Waals surface area contributed by atoms with Gasteiger partial charge in [0.05, 0.1) is 23.1 Å². The predicted octanol–water partition coefficient (Wildman–Crippen LogP) is 3.94. The Labute approximate surface area is 163 Å². The standard InChI is InChI=1S/C21H22N2O3S/c1-4-26-20(25)16-8-6-15(7-9-16)12-18-19(24)23-21(27-18)22-17-10-5-13(2)14(3)11-17/h5-11,18H,4,12H2,1-3H3,(H,22,23,24). The monoisotopic (exact) mass is 382 g/mol. The van der Waals surface area contributed by atoms with Gasteiger partial charge in [0.2, 0.25) is 5.91 Å². The molecule has 140 valence electrons. The van der Waals surface area contributed by atoms with Crippen LogP contribution in [0.1, 0.15) is 34.0 Å². The van der Waals surface area contributed by atoms with Crippen LogP contribution in [0.15, 0.2) is 47.5 Å². The average molecular weight is 382 g/mol. The highest BCUT2D eigenvalue weighted by atomic mass is 32.2. The average Bonchev–Trinajstić information content (AvgIpc) is 2.98. The van der Waals surface area contributed by atoms with Crippen molar-refractivity contribution in [3.63, 3.8) is 0 Å². The zero-order valence-corrected chi connectivity index (χ0v) is 16.4. The third-order valence-corrected chi connectivity index (χ3v) is 5.47. The predicted molar refractivity (Wildman–Crippen MR) is 109 cm³/mol. The van der Waals surface area contributed by atoms with Crippen molar-refractivity contribution in [2.45, 2.75) is 32.4 Å². The Bertz CT molecular complexity index is 891. The number of carbonyl (C=O) groups is 2. The summed E-state index contributed by atoms with van der Waals surface area (Å²) in [5.41, 5.74) is 4.72. The highest BCUT2D eigenvalue weighted by molar-refractivity contribution is 8.15. The van der Waals surface area contributed by atoms with Crippen LogP contribution in [0.3, 0.4) is 0 Å². The Kier molecular flexibility index (Phi) is 5.96. The van der Waals surface area contributed by atoms with Crippen molar-refractivity contribution in [1.29, 1.82) is 0 Å². The van der Waals surface area contributed by atoms with Crippen LogP contribution < -0.4 is 5.32 Å². The van der Waals surface area contributed by atoms with E-state index in [2.05, 4.69) is 17.2 Å². The lowest BCUT2D eigenvalue weighted by atomic mass is 10.1. The van der Waals surface area contributed by atoms with Crippen LogP contribution in [0.25, 0.3) is 0 Å². The Morgan fingerprint density at radius 1 is 1.15 bits per heavy atom. The largest absolute Gasteiger partial charge is 0.462 e. The van der Waals surface area contributed by atoms with Crippen LogP contribution in [0.5, 0.6) is 0 Å². The van der Waals surface area contributed by atoms with E-state index >= 15 is 0 Å². The molecule has 0 aliphatic carbocycles. The lowest BCUT2D eigenvalue weighted by molar-refractivity contribution is -0.118. The van der Waals surface area contributed by atoms with Gasteiger partial charge in [-0.05, 0) is 68.1 Å². The lowest BCUT2D eigenvalue weighted by Gasteiger charge is -2.07. The van der Waals surface area contributed by atoms with Crippen molar-refractivity contribution >= 4 is 34.5 Å². The molecule has 0 radical (unpaired) electrons. The van der Waals surface area contributed by atoms with Crippen molar-refractivity contribution in [3.05, 3.63) is 64.7 Å². The highest BCUT2D eigenvalue weighted by Crippen LogP contribution is 2.26. The number of esters is 1. The summed E-state index contributed by atoms with van der Waals surface area (Å²) < 4.78 is 4.98. The van der Waals surface area contributed by atoms with Gasteiger partial charge in [-0.2, -0.15) is 0 Å². The molecule has 0 saturated carbocycles. The first kappa shape index (κ1) is 19.2. The Morgan fingerprint density at radius 2 is 1.89 bits per heavy atom. The molecule has 1 heterocycles. The van der Waals surface area contributed by atoms with E-state index in [1.807, 2.05) is 37.3 Å². The molecule has 0 bridgehead atoms. The molecule has 1 saturated heterocycles. The maximum atomic E-state index is 12.3. The Hall–Kier alpha value is -2.60. The van der Waals surface area contributed by atoms with Gasteiger partial charge in [-0.1, -0.05) is 30.0 Å². The minimum Gasteiger partial charge on any atom is -0.462 e. The van der Waals surface area contributed by atoms with Crippen molar-refractivity contribution in [2.24, 2.45) is 4.99 Å². The van der Waals surface area contributed by atoms with E-state index in [-0.39, 0.29) is 17.1 Å². The number of thioether (sulfide) groups is 1. The number of ether oxygens (including phenoxy) is 1. The van der Waals surface area contributed by atoms with E-state index in [1.165, 1.54) is 22.9 Å².